The Kier molecular flexibility index (Phi) is 6.03. The Bertz CT molecular complexity index is 1220. The van der Waals surface area contributed by atoms with Crippen molar-refractivity contribution < 1.29 is 13.2 Å². The molecule has 4 rings (SSSR count). The lowest BCUT2D eigenvalue weighted by atomic mass is 9.87. The van der Waals surface area contributed by atoms with E-state index in [1.54, 1.807) is 18.2 Å². The molecule has 0 fully saturated rings. The fraction of sp³-hybridized carbons (Fsp3) is 0.208. The van der Waals surface area contributed by atoms with Crippen molar-refractivity contribution in [3.8, 4) is 0 Å². The molecule has 7 heteroatoms. The number of fused-ring (bicyclic) bond motifs is 1. The minimum atomic E-state index is -3.78. The molecular formula is C24H23ClN2O3S. The van der Waals surface area contributed by atoms with E-state index in [9.17, 15) is 13.2 Å². The molecule has 0 aromatic heterocycles. The summed E-state index contributed by atoms with van der Waals surface area (Å²) in [4.78, 5) is 13.0. The molecule has 1 atom stereocenters. The van der Waals surface area contributed by atoms with Gasteiger partial charge in [-0.05, 0) is 67.6 Å². The summed E-state index contributed by atoms with van der Waals surface area (Å²) in [6.45, 7) is 1.89. The normalized spacial score (nSPS) is 15.7. The van der Waals surface area contributed by atoms with Crippen molar-refractivity contribution in [3.63, 3.8) is 0 Å². The van der Waals surface area contributed by atoms with E-state index in [0.717, 1.165) is 30.4 Å². The van der Waals surface area contributed by atoms with E-state index in [0.29, 0.717) is 5.56 Å². The van der Waals surface area contributed by atoms with Crippen LogP contribution in [0.5, 0.6) is 0 Å². The molecule has 3 aromatic carbocycles. The van der Waals surface area contributed by atoms with Crippen LogP contribution in [0.4, 0.5) is 5.69 Å². The number of benzene rings is 3. The van der Waals surface area contributed by atoms with Crippen molar-refractivity contribution in [1.82, 2.24) is 5.32 Å². The second-order valence-corrected chi connectivity index (χ2v) is 9.82. The Labute approximate surface area is 187 Å². The molecule has 2 N–H and O–H groups in total. The molecule has 0 saturated heterocycles. The van der Waals surface area contributed by atoms with Crippen molar-refractivity contribution in [3.05, 3.63) is 94.0 Å². The molecule has 5 nitrogen and oxygen atoms in total. The molecule has 0 spiro atoms. The predicted octanol–water partition coefficient (Wildman–Crippen LogP) is 5.26. The molecule has 0 saturated carbocycles. The predicted molar refractivity (Wildman–Crippen MR) is 123 cm³/mol. The molecule has 31 heavy (non-hydrogen) atoms. The van der Waals surface area contributed by atoms with Gasteiger partial charge in [0.1, 0.15) is 0 Å². The van der Waals surface area contributed by atoms with Gasteiger partial charge in [0.15, 0.2) is 0 Å². The number of rotatable bonds is 5. The zero-order chi connectivity index (χ0) is 22.0. The minimum Gasteiger partial charge on any atom is -0.345 e. The molecule has 160 valence electrons. The molecular weight excluding hydrogens is 432 g/mol. The summed E-state index contributed by atoms with van der Waals surface area (Å²) in [5.41, 5.74) is 3.98. The molecule has 0 radical (unpaired) electrons. The smallest absolute Gasteiger partial charge is 0.261 e. The SMILES string of the molecule is Cc1ccc(S(=O)(=O)Nc2ccc(C(=O)N[C@@H]3CCCc4ccccc43)cc2Cl)cc1. The Morgan fingerprint density at radius 3 is 2.52 bits per heavy atom. The Hall–Kier alpha value is -2.83. The van der Waals surface area contributed by atoms with Gasteiger partial charge in [-0.15, -0.1) is 0 Å². The summed E-state index contributed by atoms with van der Waals surface area (Å²) >= 11 is 6.31. The van der Waals surface area contributed by atoms with Crippen LogP contribution in [0.3, 0.4) is 0 Å². The van der Waals surface area contributed by atoms with Crippen molar-refractivity contribution in [2.75, 3.05) is 4.72 Å². The number of halogens is 1. The second kappa shape index (κ2) is 8.73. The Morgan fingerprint density at radius 1 is 1.03 bits per heavy atom. The lowest BCUT2D eigenvalue weighted by Crippen LogP contribution is -2.31. The van der Waals surface area contributed by atoms with Gasteiger partial charge < -0.3 is 5.32 Å². The number of nitrogens with one attached hydrogen (secondary N) is 2. The van der Waals surface area contributed by atoms with E-state index in [1.165, 1.54) is 29.8 Å². The third-order valence-corrected chi connectivity index (χ3v) is 7.18. The zero-order valence-corrected chi connectivity index (χ0v) is 18.6. The average Bonchev–Trinajstić information content (AvgIpc) is 2.75. The maximum Gasteiger partial charge on any atom is 0.261 e. The van der Waals surface area contributed by atoms with Gasteiger partial charge in [0, 0.05) is 5.56 Å². The number of hydrogen-bond acceptors (Lipinski definition) is 3. The maximum absolute atomic E-state index is 12.8. The van der Waals surface area contributed by atoms with Crippen LogP contribution < -0.4 is 10.0 Å². The molecule has 1 amide bonds. The highest BCUT2D eigenvalue weighted by molar-refractivity contribution is 7.92. The van der Waals surface area contributed by atoms with Crippen molar-refractivity contribution >= 4 is 33.2 Å². The van der Waals surface area contributed by atoms with Crippen LogP contribution in [0, 0.1) is 6.92 Å². The third-order valence-electron chi connectivity index (χ3n) is 5.48. The van der Waals surface area contributed by atoms with E-state index in [1.807, 2.05) is 19.1 Å². The van der Waals surface area contributed by atoms with Gasteiger partial charge in [0.2, 0.25) is 0 Å². The molecule has 0 heterocycles. The first-order chi connectivity index (χ1) is 14.8. The highest BCUT2D eigenvalue weighted by Gasteiger charge is 2.22. The van der Waals surface area contributed by atoms with Crippen LogP contribution in [0.1, 0.15) is 45.9 Å². The van der Waals surface area contributed by atoms with Gasteiger partial charge in [-0.25, -0.2) is 8.42 Å². The van der Waals surface area contributed by atoms with Crippen LogP contribution in [0.25, 0.3) is 0 Å². The number of aryl methyl sites for hydroxylation is 2. The van der Waals surface area contributed by atoms with Gasteiger partial charge in [-0.2, -0.15) is 0 Å². The van der Waals surface area contributed by atoms with E-state index >= 15 is 0 Å². The number of carbonyl (C=O) groups excluding carboxylic acids is 1. The van der Waals surface area contributed by atoms with Crippen LogP contribution in [0.15, 0.2) is 71.6 Å². The first-order valence-corrected chi connectivity index (χ1v) is 12.0. The zero-order valence-electron chi connectivity index (χ0n) is 17.1. The standard InChI is InChI=1S/C24H23ClN2O3S/c1-16-9-12-19(13-10-16)31(29,30)27-23-14-11-18(15-21(23)25)24(28)26-22-8-4-6-17-5-2-3-7-20(17)22/h2-3,5,7,9-15,22,27H,4,6,8H2,1H3,(H,26,28)/t22-/m1/s1. The summed E-state index contributed by atoms with van der Waals surface area (Å²) in [6, 6.07) is 19.2. The molecule has 0 aliphatic heterocycles. The minimum absolute atomic E-state index is 0.0454. The Balaban J connectivity index is 1.50. The van der Waals surface area contributed by atoms with E-state index < -0.39 is 10.0 Å². The van der Waals surface area contributed by atoms with Gasteiger partial charge in [0.25, 0.3) is 15.9 Å². The van der Waals surface area contributed by atoms with E-state index in [2.05, 4.69) is 22.2 Å². The van der Waals surface area contributed by atoms with Gasteiger partial charge in [-0.3, -0.25) is 9.52 Å². The molecule has 0 unspecified atom stereocenters. The summed E-state index contributed by atoms with van der Waals surface area (Å²) in [5.74, 6) is -0.239. The van der Waals surface area contributed by atoms with E-state index in [-0.39, 0.29) is 27.6 Å². The molecule has 0 bridgehead atoms. The van der Waals surface area contributed by atoms with Crippen LogP contribution in [-0.2, 0) is 16.4 Å². The largest absolute Gasteiger partial charge is 0.345 e. The van der Waals surface area contributed by atoms with Crippen molar-refractivity contribution in [1.29, 1.82) is 0 Å². The number of anilines is 1. The number of hydrogen-bond donors (Lipinski definition) is 2. The third kappa shape index (κ3) is 4.75. The summed E-state index contributed by atoms with van der Waals surface area (Å²) in [6.07, 6.45) is 2.91. The number of carbonyl (C=O) groups is 1. The topological polar surface area (TPSA) is 75.3 Å². The van der Waals surface area contributed by atoms with Gasteiger partial charge in [0.05, 0.1) is 21.6 Å². The van der Waals surface area contributed by atoms with Crippen LogP contribution in [0.2, 0.25) is 5.02 Å². The number of sulfonamides is 1. The van der Waals surface area contributed by atoms with Gasteiger partial charge in [-0.1, -0.05) is 53.6 Å². The molecule has 1 aliphatic rings. The first kappa shape index (κ1) is 21.4. The molecule has 1 aliphatic carbocycles. The second-order valence-electron chi connectivity index (χ2n) is 7.73. The fourth-order valence-corrected chi connectivity index (χ4v) is 5.17. The summed E-state index contributed by atoms with van der Waals surface area (Å²) in [7, 11) is -3.78. The first-order valence-electron chi connectivity index (χ1n) is 10.1. The fourth-order valence-electron chi connectivity index (χ4n) is 3.81. The average molecular weight is 455 g/mol. The lowest BCUT2D eigenvalue weighted by Gasteiger charge is -2.26. The van der Waals surface area contributed by atoms with Crippen molar-refractivity contribution in [2.24, 2.45) is 0 Å². The summed E-state index contributed by atoms with van der Waals surface area (Å²) in [5, 5.41) is 3.24. The van der Waals surface area contributed by atoms with Crippen LogP contribution in [-0.4, -0.2) is 14.3 Å². The quantitative estimate of drug-likeness (QED) is 0.552. The highest BCUT2D eigenvalue weighted by atomic mass is 35.5. The monoisotopic (exact) mass is 454 g/mol. The van der Waals surface area contributed by atoms with Gasteiger partial charge >= 0.3 is 0 Å². The number of amides is 1. The molecule has 3 aromatic rings. The maximum atomic E-state index is 12.8. The Morgan fingerprint density at radius 2 is 1.77 bits per heavy atom. The lowest BCUT2D eigenvalue weighted by molar-refractivity contribution is 0.0933. The highest BCUT2D eigenvalue weighted by Crippen LogP contribution is 2.30. The van der Waals surface area contributed by atoms with Crippen LogP contribution >= 0.6 is 11.6 Å². The van der Waals surface area contributed by atoms with Crippen molar-refractivity contribution in [2.45, 2.75) is 37.1 Å². The summed E-state index contributed by atoms with van der Waals surface area (Å²) < 4.78 is 27.7. The van der Waals surface area contributed by atoms with E-state index in [4.69, 9.17) is 11.6 Å².